The van der Waals surface area contributed by atoms with Crippen LogP contribution in [0.2, 0.25) is 0 Å². The molecule has 2 aromatic rings. The lowest BCUT2D eigenvalue weighted by Gasteiger charge is -2.13. The quantitative estimate of drug-likeness (QED) is 0.851. The van der Waals surface area contributed by atoms with Gasteiger partial charge in [0.15, 0.2) is 0 Å². The van der Waals surface area contributed by atoms with Crippen molar-refractivity contribution in [3.63, 3.8) is 0 Å². The Hall–Kier alpha value is -1.21. The number of halogens is 1. The summed E-state index contributed by atoms with van der Waals surface area (Å²) >= 11 is 3.31. The van der Waals surface area contributed by atoms with Crippen LogP contribution in [0.5, 0.6) is 0 Å². The third kappa shape index (κ3) is 4.38. The molecule has 0 radical (unpaired) electrons. The largest absolute Gasteiger partial charge is 0.387 e. The molecular formula is C15H16BrNO3S. The van der Waals surface area contributed by atoms with Crippen molar-refractivity contribution >= 4 is 26.0 Å². The SMILES string of the molecule is Cc1ccc(S(=O)(=O)NCC(O)c2ccc(Br)cc2)cc1. The zero-order chi connectivity index (χ0) is 15.5. The smallest absolute Gasteiger partial charge is 0.240 e. The van der Waals surface area contributed by atoms with Gasteiger partial charge in [0.2, 0.25) is 10.0 Å². The molecule has 0 amide bonds. The second kappa shape index (κ2) is 6.70. The topological polar surface area (TPSA) is 66.4 Å². The van der Waals surface area contributed by atoms with Gasteiger partial charge in [-0.3, -0.25) is 0 Å². The van der Waals surface area contributed by atoms with E-state index < -0.39 is 16.1 Å². The molecular weight excluding hydrogens is 354 g/mol. The summed E-state index contributed by atoms with van der Waals surface area (Å²) in [4.78, 5) is 0.191. The van der Waals surface area contributed by atoms with Crippen molar-refractivity contribution in [1.82, 2.24) is 4.72 Å². The van der Waals surface area contributed by atoms with Gasteiger partial charge in [-0.25, -0.2) is 13.1 Å². The predicted molar refractivity (Wildman–Crippen MR) is 85.5 cm³/mol. The van der Waals surface area contributed by atoms with Gasteiger partial charge in [0.1, 0.15) is 0 Å². The van der Waals surface area contributed by atoms with Gasteiger partial charge in [0.25, 0.3) is 0 Å². The van der Waals surface area contributed by atoms with Gasteiger partial charge < -0.3 is 5.11 Å². The molecule has 2 N–H and O–H groups in total. The highest BCUT2D eigenvalue weighted by Crippen LogP contribution is 2.17. The van der Waals surface area contributed by atoms with Crippen molar-refractivity contribution in [1.29, 1.82) is 0 Å². The van der Waals surface area contributed by atoms with Gasteiger partial charge in [-0.2, -0.15) is 0 Å². The second-order valence-electron chi connectivity index (χ2n) is 4.73. The highest BCUT2D eigenvalue weighted by molar-refractivity contribution is 9.10. The Morgan fingerprint density at radius 3 is 2.24 bits per heavy atom. The molecule has 0 saturated carbocycles. The van der Waals surface area contributed by atoms with E-state index in [1.54, 1.807) is 48.5 Å². The molecule has 1 unspecified atom stereocenters. The molecule has 2 aromatic carbocycles. The fourth-order valence-corrected chi connectivity index (χ4v) is 3.09. The lowest BCUT2D eigenvalue weighted by atomic mass is 10.1. The number of sulfonamides is 1. The summed E-state index contributed by atoms with van der Waals surface area (Å²) in [7, 11) is -3.61. The van der Waals surface area contributed by atoms with Gasteiger partial charge >= 0.3 is 0 Å². The summed E-state index contributed by atoms with van der Waals surface area (Å²) in [6.07, 6.45) is -0.890. The van der Waals surface area contributed by atoms with E-state index in [2.05, 4.69) is 20.7 Å². The second-order valence-corrected chi connectivity index (χ2v) is 7.41. The number of aliphatic hydroxyl groups is 1. The summed E-state index contributed by atoms with van der Waals surface area (Å²) in [6.45, 7) is 1.82. The number of hydrogen-bond donors (Lipinski definition) is 2. The molecule has 1 atom stereocenters. The van der Waals surface area contributed by atoms with Crippen LogP contribution in [-0.2, 0) is 10.0 Å². The monoisotopic (exact) mass is 369 g/mol. The first-order valence-corrected chi connectivity index (χ1v) is 8.66. The zero-order valence-electron chi connectivity index (χ0n) is 11.5. The molecule has 4 nitrogen and oxygen atoms in total. The standard InChI is InChI=1S/C15H16BrNO3S/c1-11-2-8-14(9-3-11)21(19,20)17-10-15(18)12-4-6-13(16)7-5-12/h2-9,15,17-18H,10H2,1H3. The van der Waals surface area contributed by atoms with E-state index in [1.807, 2.05) is 6.92 Å². The van der Waals surface area contributed by atoms with E-state index in [0.717, 1.165) is 10.0 Å². The van der Waals surface area contributed by atoms with Crippen molar-refractivity contribution in [3.05, 3.63) is 64.1 Å². The van der Waals surface area contributed by atoms with E-state index in [1.165, 1.54) is 0 Å². The number of benzene rings is 2. The zero-order valence-corrected chi connectivity index (χ0v) is 13.9. The Morgan fingerprint density at radius 2 is 1.67 bits per heavy atom. The maximum atomic E-state index is 12.1. The average molecular weight is 370 g/mol. The summed E-state index contributed by atoms with van der Waals surface area (Å²) < 4.78 is 27.5. The van der Waals surface area contributed by atoms with Crippen molar-refractivity contribution in [3.8, 4) is 0 Å². The molecule has 0 saturated heterocycles. The molecule has 21 heavy (non-hydrogen) atoms. The molecule has 0 spiro atoms. The lowest BCUT2D eigenvalue weighted by molar-refractivity contribution is 0.182. The van der Waals surface area contributed by atoms with E-state index in [-0.39, 0.29) is 11.4 Å². The van der Waals surface area contributed by atoms with Crippen LogP contribution in [0, 0.1) is 6.92 Å². The summed E-state index contributed by atoms with van der Waals surface area (Å²) in [5.74, 6) is 0. The molecule has 6 heteroatoms. The van der Waals surface area contributed by atoms with Crippen LogP contribution in [0.1, 0.15) is 17.2 Å². The number of aryl methyl sites for hydroxylation is 1. The van der Waals surface area contributed by atoms with Gasteiger partial charge in [0.05, 0.1) is 11.0 Å². The first-order chi connectivity index (χ1) is 9.88. The van der Waals surface area contributed by atoms with Crippen LogP contribution in [0.15, 0.2) is 57.9 Å². The van der Waals surface area contributed by atoms with Crippen molar-refractivity contribution in [2.24, 2.45) is 0 Å². The van der Waals surface area contributed by atoms with Crippen LogP contribution in [0.25, 0.3) is 0 Å². The van der Waals surface area contributed by atoms with Crippen LogP contribution >= 0.6 is 15.9 Å². The van der Waals surface area contributed by atoms with Crippen LogP contribution in [-0.4, -0.2) is 20.1 Å². The maximum Gasteiger partial charge on any atom is 0.240 e. The van der Waals surface area contributed by atoms with Gasteiger partial charge in [0, 0.05) is 11.0 Å². The average Bonchev–Trinajstić information content (AvgIpc) is 2.46. The summed E-state index contributed by atoms with van der Waals surface area (Å²) in [5, 5.41) is 10.0. The molecule has 2 rings (SSSR count). The maximum absolute atomic E-state index is 12.1. The highest BCUT2D eigenvalue weighted by Gasteiger charge is 2.16. The number of rotatable bonds is 5. The lowest BCUT2D eigenvalue weighted by Crippen LogP contribution is -2.28. The fourth-order valence-electron chi connectivity index (χ4n) is 1.79. The first kappa shape index (κ1) is 16.2. The van der Waals surface area contributed by atoms with Crippen molar-refractivity contribution < 1.29 is 13.5 Å². The van der Waals surface area contributed by atoms with E-state index in [9.17, 15) is 13.5 Å². The molecule has 0 aromatic heterocycles. The number of nitrogens with one attached hydrogen (secondary N) is 1. The Morgan fingerprint density at radius 1 is 1.10 bits per heavy atom. The van der Waals surface area contributed by atoms with Crippen molar-refractivity contribution in [2.45, 2.75) is 17.9 Å². The molecule has 0 aliphatic carbocycles. The van der Waals surface area contributed by atoms with Gasteiger partial charge in [-0.05, 0) is 36.8 Å². The molecule has 0 heterocycles. The summed E-state index contributed by atoms with van der Waals surface area (Å²) in [6, 6.07) is 13.6. The van der Waals surface area contributed by atoms with Gasteiger partial charge in [-0.1, -0.05) is 45.8 Å². The molecule has 112 valence electrons. The Bertz CT molecular complexity index is 697. The molecule has 0 aliphatic rings. The number of hydrogen-bond acceptors (Lipinski definition) is 3. The molecule has 0 fully saturated rings. The van der Waals surface area contributed by atoms with E-state index in [4.69, 9.17) is 0 Å². The third-order valence-electron chi connectivity index (χ3n) is 3.05. The normalized spacial score (nSPS) is 13.1. The third-order valence-corrected chi connectivity index (χ3v) is 5.02. The first-order valence-electron chi connectivity index (χ1n) is 6.38. The van der Waals surface area contributed by atoms with Crippen molar-refractivity contribution in [2.75, 3.05) is 6.54 Å². The van der Waals surface area contributed by atoms with E-state index in [0.29, 0.717) is 5.56 Å². The summed E-state index contributed by atoms with van der Waals surface area (Å²) in [5.41, 5.74) is 1.65. The molecule has 0 bridgehead atoms. The molecule has 0 aliphatic heterocycles. The highest BCUT2D eigenvalue weighted by atomic mass is 79.9. The van der Waals surface area contributed by atoms with Crippen LogP contribution < -0.4 is 4.72 Å². The predicted octanol–water partition coefficient (Wildman–Crippen LogP) is 2.77. The van der Waals surface area contributed by atoms with Crippen LogP contribution in [0.3, 0.4) is 0 Å². The Balaban J connectivity index is 2.04. The van der Waals surface area contributed by atoms with Gasteiger partial charge in [-0.15, -0.1) is 0 Å². The number of aliphatic hydroxyl groups excluding tert-OH is 1. The fraction of sp³-hybridized carbons (Fsp3) is 0.200. The minimum absolute atomic E-state index is 0.0716. The van der Waals surface area contributed by atoms with Crippen LogP contribution in [0.4, 0.5) is 0 Å². The Kier molecular flexibility index (Phi) is 5.16. The minimum Gasteiger partial charge on any atom is -0.387 e. The minimum atomic E-state index is -3.61. The Labute approximate surface area is 133 Å². The van der Waals surface area contributed by atoms with E-state index >= 15 is 0 Å².